The lowest BCUT2D eigenvalue weighted by atomic mass is 10.2. The number of aryl methyl sites for hydroxylation is 1. The van der Waals surface area contributed by atoms with E-state index >= 15 is 0 Å². The molecule has 6 heteroatoms. The van der Waals surface area contributed by atoms with Gasteiger partial charge in [-0.1, -0.05) is 30.0 Å². The summed E-state index contributed by atoms with van der Waals surface area (Å²) in [7, 11) is 0. The molecular formula is C21H22N2O4. The van der Waals surface area contributed by atoms with Gasteiger partial charge in [0.05, 0.1) is 6.54 Å². The summed E-state index contributed by atoms with van der Waals surface area (Å²) in [5.74, 6) is 6.50. The Bertz CT molecular complexity index is 853. The minimum atomic E-state index is -0.241. The number of ether oxygens (including phenoxy) is 2. The van der Waals surface area contributed by atoms with Gasteiger partial charge in [0.25, 0.3) is 5.91 Å². The number of benzene rings is 2. The highest BCUT2D eigenvalue weighted by molar-refractivity contribution is 5.88. The van der Waals surface area contributed by atoms with Crippen LogP contribution in [0.1, 0.15) is 12.5 Å². The third-order valence-electron chi connectivity index (χ3n) is 3.32. The summed E-state index contributed by atoms with van der Waals surface area (Å²) < 4.78 is 10.9. The van der Waals surface area contributed by atoms with Crippen molar-refractivity contribution in [1.29, 1.82) is 0 Å². The van der Waals surface area contributed by atoms with E-state index < -0.39 is 0 Å². The van der Waals surface area contributed by atoms with Crippen molar-refractivity contribution in [3.63, 3.8) is 0 Å². The molecule has 2 rings (SSSR count). The zero-order valence-corrected chi connectivity index (χ0v) is 15.4. The molecule has 2 amide bonds. The van der Waals surface area contributed by atoms with Gasteiger partial charge in [0.15, 0.2) is 6.61 Å². The largest absolute Gasteiger partial charge is 0.484 e. The van der Waals surface area contributed by atoms with Crippen LogP contribution in [0.4, 0.5) is 5.69 Å². The van der Waals surface area contributed by atoms with Crippen molar-refractivity contribution < 1.29 is 19.1 Å². The van der Waals surface area contributed by atoms with Crippen LogP contribution >= 0.6 is 0 Å². The van der Waals surface area contributed by atoms with Gasteiger partial charge in [-0.3, -0.25) is 9.59 Å². The van der Waals surface area contributed by atoms with Crippen LogP contribution in [0.3, 0.4) is 0 Å². The lowest BCUT2D eigenvalue weighted by molar-refractivity contribution is -0.122. The van der Waals surface area contributed by atoms with Gasteiger partial charge in [0.1, 0.15) is 18.1 Å². The van der Waals surface area contributed by atoms with E-state index in [1.54, 1.807) is 30.3 Å². The molecular weight excluding hydrogens is 344 g/mol. The normalized spacial score (nSPS) is 9.56. The second-order valence-electron chi connectivity index (χ2n) is 5.73. The number of carbonyl (C=O) groups excluding carboxylic acids is 2. The van der Waals surface area contributed by atoms with Crippen molar-refractivity contribution in [3.8, 4) is 23.3 Å². The number of hydrogen-bond acceptors (Lipinski definition) is 4. The molecule has 0 bridgehead atoms. The average Bonchev–Trinajstić information content (AvgIpc) is 2.63. The predicted octanol–water partition coefficient (Wildman–Crippen LogP) is 2.53. The van der Waals surface area contributed by atoms with Crippen molar-refractivity contribution in [3.05, 3.63) is 54.1 Å². The Labute approximate surface area is 158 Å². The Morgan fingerprint density at radius 1 is 1.00 bits per heavy atom. The van der Waals surface area contributed by atoms with Crippen LogP contribution in [-0.2, 0) is 9.59 Å². The molecule has 0 spiro atoms. The van der Waals surface area contributed by atoms with Crippen LogP contribution in [0.15, 0.2) is 48.5 Å². The maximum atomic E-state index is 11.7. The summed E-state index contributed by atoms with van der Waals surface area (Å²) in [6.07, 6.45) is 0. The lowest BCUT2D eigenvalue weighted by Crippen LogP contribution is -2.29. The third-order valence-corrected chi connectivity index (χ3v) is 3.32. The monoisotopic (exact) mass is 366 g/mol. The Kier molecular flexibility index (Phi) is 7.73. The van der Waals surface area contributed by atoms with E-state index in [0.717, 1.165) is 5.56 Å². The maximum Gasteiger partial charge on any atom is 0.258 e. The summed E-state index contributed by atoms with van der Waals surface area (Å²) in [5, 5.41) is 5.34. The van der Waals surface area contributed by atoms with Crippen LogP contribution < -0.4 is 20.1 Å². The molecule has 2 aromatic rings. The Hall–Kier alpha value is -3.46. The second kappa shape index (κ2) is 10.5. The summed E-state index contributed by atoms with van der Waals surface area (Å²) in [6.45, 7) is 3.74. The molecule has 0 atom stereocenters. The molecule has 6 nitrogen and oxygen atoms in total. The summed E-state index contributed by atoms with van der Waals surface area (Å²) in [5.41, 5.74) is 1.73. The molecule has 0 radical (unpaired) electrons. The van der Waals surface area contributed by atoms with Gasteiger partial charge in [0, 0.05) is 18.7 Å². The fraction of sp³-hybridized carbons (Fsp3) is 0.238. The van der Waals surface area contributed by atoms with E-state index in [4.69, 9.17) is 9.47 Å². The van der Waals surface area contributed by atoms with E-state index in [-0.39, 0.29) is 31.6 Å². The Balaban J connectivity index is 1.65. The van der Waals surface area contributed by atoms with Gasteiger partial charge >= 0.3 is 0 Å². The van der Waals surface area contributed by atoms with Crippen molar-refractivity contribution in [2.24, 2.45) is 0 Å². The molecule has 0 saturated heterocycles. The predicted molar refractivity (Wildman–Crippen MR) is 104 cm³/mol. The van der Waals surface area contributed by atoms with Gasteiger partial charge in [-0.15, -0.1) is 0 Å². The number of nitrogens with one attached hydrogen (secondary N) is 2. The first kappa shape index (κ1) is 19.9. The van der Waals surface area contributed by atoms with Crippen LogP contribution in [0.5, 0.6) is 11.5 Å². The van der Waals surface area contributed by atoms with E-state index in [2.05, 4.69) is 22.5 Å². The van der Waals surface area contributed by atoms with Crippen molar-refractivity contribution >= 4 is 17.5 Å². The topological polar surface area (TPSA) is 76.7 Å². The minimum absolute atomic E-state index is 0.0580. The molecule has 0 aliphatic carbocycles. The molecule has 0 unspecified atom stereocenters. The lowest BCUT2D eigenvalue weighted by Gasteiger charge is -2.06. The molecule has 2 N–H and O–H groups in total. The number of rotatable bonds is 7. The zero-order valence-electron chi connectivity index (χ0n) is 15.4. The number of hydrogen-bond donors (Lipinski definition) is 2. The van der Waals surface area contributed by atoms with Gasteiger partial charge in [-0.05, 0) is 36.8 Å². The third kappa shape index (κ3) is 7.97. The van der Waals surface area contributed by atoms with Crippen LogP contribution in [0.25, 0.3) is 0 Å². The van der Waals surface area contributed by atoms with Crippen molar-refractivity contribution in [2.75, 3.05) is 25.1 Å². The molecule has 2 aromatic carbocycles. The van der Waals surface area contributed by atoms with Gasteiger partial charge in [0.2, 0.25) is 5.91 Å². The van der Waals surface area contributed by atoms with E-state index in [1.165, 1.54) is 6.92 Å². The number of amides is 2. The highest BCUT2D eigenvalue weighted by Crippen LogP contribution is 2.17. The van der Waals surface area contributed by atoms with Gasteiger partial charge < -0.3 is 20.1 Å². The molecule has 0 aromatic heterocycles. The smallest absolute Gasteiger partial charge is 0.258 e. The molecule has 140 valence electrons. The Morgan fingerprint density at radius 2 is 1.74 bits per heavy atom. The molecule has 0 aliphatic rings. The first-order chi connectivity index (χ1) is 13.0. The fourth-order valence-electron chi connectivity index (χ4n) is 2.15. The quantitative estimate of drug-likeness (QED) is 0.739. The highest BCUT2D eigenvalue weighted by atomic mass is 16.5. The highest BCUT2D eigenvalue weighted by Gasteiger charge is 2.01. The summed E-state index contributed by atoms with van der Waals surface area (Å²) in [4.78, 5) is 22.7. The zero-order chi connectivity index (χ0) is 19.5. The van der Waals surface area contributed by atoms with E-state index in [9.17, 15) is 9.59 Å². The van der Waals surface area contributed by atoms with Gasteiger partial charge in [-0.25, -0.2) is 0 Å². The standard InChI is InChI=1S/C21H22N2O4/c1-16-7-5-9-19(13-16)27-15-21(25)22-11-3-4-12-26-20-10-6-8-18(14-20)23-17(2)24/h5-10,13-14H,11-12,15H2,1-2H3,(H,22,25)(H,23,24). The first-order valence-corrected chi connectivity index (χ1v) is 8.45. The van der Waals surface area contributed by atoms with Gasteiger partial charge in [-0.2, -0.15) is 0 Å². The second-order valence-corrected chi connectivity index (χ2v) is 5.73. The molecule has 0 saturated carbocycles. The van der Waals surface area contributed by atoms with Crippen LogP contribution in [0.2, 0.25) is 0 Å². The molecule has 0 aliphatic heterocycles. The Morgan fingerprint density at radius 3 is 2.48 bits per heavy atom. The van der Waals surface area contributed by atoms with E-state index in [1.807, 2.05) is 25.1 Å². The van der Waals surface area contributed by atoms with Crippen molar-refractivity contribution in [1.82, 2.24) is 5.32 Å². The SMILES string of the molecule is CC(=O)Nc1cccc(OCC#CCNC(=O)COc2cccc(C)c2)c1. The van der Waals surface area contributed by atoms with Crippen LogP contribution in [-0.4, -0.2) is 31.6 Å². The summed E-state index contributed by atoms with van der Waals surface area (Å²) in [6, 6.07) is 14.5. The minimum Gasteiger partial charge on any atom is -0.484 e. The molecule has 0 fully saturated rings. The molecule has 0 heterocycles. The molecule has 27 heavy (non-hydrogen) atoms. The van der Waals surface area contributed by atoms with Crippen molar-refractivity contribution in [2.45, 2.75) is 13.8 Å². The summed E-state index contributed by atoms with van der Waals surface area (Å²) >= 11 is 0. The average molecular weight is 366 g/mol. The first-order valence-electron chi connectivity index (χ1n) is 8.45. The maximum absolute atomic E-state index is 11.7. The fourth-order valence-corrected chi connectivity index (χ4v) is 2.15. The van der Waals surface area contributed by atoms with Crippen LogP contribution in [0, 0.1) is 18.8 Å². The number of anilines is 1. The van der Waals surface area contributed by atoms with E-state index in [0.29, 0.717) is 17.2 Å². The number of carbonyl (C=O) groups is 2.